The standard InChI is InChI=1S/C15H14BrNO/c1-9-3-5-12(10(2)7-9)15(18)13-6-4-11(17)8-14(13)16/h3-8H,17H2,1-2H3. The molecule has 92 valence electrons. The largest absolute Gasteiger partial charge is 0.399 e. The Labute approximate surface area is 115 Å². The van der Waals surface area contributed by atoms with Crippen molar-refractivity contribution < 1.29 is 4.79 Å². The van der Waals surface area contributed by atoms with Crippen molar-refractivity contribution >= 4 is 27.4 Å². The predicted molar refractivity (Wildman–Crippen MR) is 77.9 cm³/mol. The maximum absolute atomic E-state index is 12.4. The summed E-state index contributed by atoms with van der Waals surface area (Å²) in [7, 11) is 0. The first kappa shape index (κ1) is 12.8. The monoisotopic (exact) mass is 303 g/mol. The van der Waals surface area contributed by atoms with E-state index in [9.17, 15) is 4.79 Å². The summed E-state index contributed by atoms with van der Waals surface area (Å²) in [5.74, 6) is 0.0133. The number of nitrogen functional groups attached to an aromatic ring is 1. The van der Waals surface area contributed by atoms with Gasteiger partial charge < -0.3 is 5.73 Å². The molecule has 0 bridgehead atoms. The van der Waals surface area contributed by atoms with Crippen LogP contribution in [0.1, 0.15) is 27.0 Å². The summed E-state index contributed by atoms with van der Waals surface area (Å²) in [5, 5.41) is 0. The van der Waals surface area contributed by atoms with Crippen LogP contribution >= 0.6 is 15.9 Å². The van der Waals surface area contributed by atoms with Crippen LogP contribution in [-0.2, 0) is 0 Å². The van der Waals surface area contributed by atoms with E-state index >= 15 is 0 Å². The molecule has 0 atom stereocenters. The molecule has 0 aliphatic carbocycles. The molecule has 0 saturated heterocycles. The topological polar surface area (TPSA) is 43.1 Å². The van der Waals surface area contributed by atoms with E-state index in [4.69, 9.17) is 5.73 Å². The number of carbonyl (C=O) groups excluding carboxylic acids is 1. The number of hydrogen-bond acceptors (Lipinski definition) is 2. The Hall–Kier alpha value is -1.61. The minimum atomic E-state index is 0.0133. The van der Waals surface area contributed by atoms with Crippen LogP contribution in [0.5, 0.6) is 0 Å². The second-order valence-corrected chi connectivity index (χ2v) is 5.24. The number of nitrogens with two attached hydrogens (primary N) is 1. The summed E-state index contributed by atoms with van der Waals surface area (Å²) in [6.45, 7) is 3.96. The van der Waals surface area contributed by atoms with Crippen molar-refractivity contribution in [2.45, 2.75) is 13.8 Å². The Kier molecular flexibility index (Phi) is 3.53. The van der Waals surface area contributed by atoms with Crippen LogP contribution in [0, 0.1) is 13.8 Å². The number of rotatable bonds is 2. The van der Waals surface area contributed by atoms with E-state index in [1.54, 1.807) is 18.2 Å². The first-order chi connectivity index (χ1) is 8.49. The number of benzene rings is 2. The molecule has 0 spiro atoms. The van der Waals surface area contributed by atoms with Gasteiger partial charge in [-0.3, -0.25) is 4.79 Å². The molecule has 18 heavy (non-hydrogen) atoms. The Morgan fingerprint density at radius 1 is 1.06 bits per heavy atom. The molecule has 2 nitrogen and oxygen atoms in total. The van der Waals surface area contributed by atoms with Crippen LogP contribution in [0.3, 0.4) is 0 Å². The van der Waals surface area contributed by atoms with Gasteiger partial charge in [-0.15, -0.1) is 0 Å². The number of aryl methyl sites for hydroxylation is 2. The third-order valence-electron chi connectivity index (χ3n) is 2.86. The second kappa shape index (κ2) is 4.94. The second-order valence-electron chi connectivity index (χ2n) is 4.39. The van der Waals surface area contributed by atoms with Gasteiger partial charge in [-0.05, 0) is 53.5 Å². The van der Waals surface area contributed by atoms with Crippen LogP contribution in [-0.4, -0.2) is 5.78 Å². The SMILES string of the molecule is Cc1ccc(C(=O)c2ccc(N)cc2Br)c(C)c1. The third kappa shape index (κ3) is 2.46. The molecular weight excluding hydrogens is 290 g/mol. The van der Waals surface area contributed by atoms with Crippen LogP contribution in [0.4, 0.5) is 5.69 Å². The summed E-state index contributed by atoms with van der Waals surface area (Å²) < 4.78 is 0.729. The molecule has 0 aliphatic heterocycles. The highest BCUT2D eigenvalue weighted by molar-refractivity contribution is 9.10. The fourth-order valence-electron chi connectivity index (χ4n) is 1.93. The molecule has 2 rings (SSSR count). The minimum Gasteiger partial charge on any atom is -0.399 e. The van der Waals surface area contributed by atoms with Gasteiger partial charge in [0.15, 0.2) is 5.78 Å². The van der Waals surface area contributed by atoms with E-state index in [1.807, 2.05) is 32.0 Å². The number of halogens is 1. The van der Waals surface area contributed by atoms with Crippen molar-refractivity contribution in [1.29, 1.82) is 0 Å². The predicted octanol–water partition coefficient (Wildman–Crippen LogP) is 3.88. The van der Waals surface area contributed by atoms with Crippen molar-refractivity contribution in [3.05, 3.63) is 63.1 Å². The van der Waals surface area contributed by atoms with Crippen molar-refractivity contribution in [2.24, 2.45) is 0 Å². The van der Waals surface area contributed by atoms with Gasteiger partial charge in [0.05, 0.1) is 0 Å². The lowest BCUT2D eigenvalue weighted by molar-refractivity contribution is 0.103. The highest BCUT2D eigenvalue weighted by atomic mass is 79.9. The van der Waals surface area contributed by atoms with E-state index in [1.165, 1.54) is 0 Å². The average molecular weight is 304 g/mol. The zero-order valence-corrected chi connectivity index (χ0v) is 11.9. The highest BCUT2D eigenvalue weighted by Crippen LogP contribution is 2.24. The minimum absolute atomic E-state index is 0.0133. The van der Waals surface area contributed by atoms with E-state index in [0.29, 0.717) is 11.3 Å². The molecule has 2 aromatic rings. The molecule has 2 aromatic carbocycles. The number of ketones is 1. The molecule has 0 aromatic heterocycles. The Balaban J connectivity index is 2.48. The first-order valence-electron chi connectivity index (χ1n) is 5.66. The van der Waals surface area contributed by atoms with Gasteiger partial charge in [0.25, 0.3) is 0 Å². The maximum atomic E-state index is 12.4. The van der Waals surface area contributed by atoms with E-state index in [-0.39, 0.29) is 5.78 Å². The Bertz CT molecular complexity index is 566. The lowest BCUT2D eigenvalue weighted by Crippen LogP contribution is -2.05. The maximum Gasteiger partial charge on any atom is 0.194 e. The third-order valence-corrected chi connectivity index (χ3v) is 3.52. The first-order valence-corrected chi connectivity index (χ1v) is 6.45. The van der Waals surface area contributed by atoms with Gasteiger partial charge in [-0.1, -0.05) is 23.8 Å². The van der Waals surface area contributed by atoms with Crippen LogP contribution in [0.15, 0.2) is 40.9 Å². The fraction of sp³-hybridized carbons (Fsp3) is 0.133. The molecule has 0 heterocycles. The van der Waals surface area contributed by atoms with Crippen molar-refractivity contribution in [2.75, 3.05) is 5.73 Å². The zero-order chi connectivity index (χ0) is 13.3. The van der Waals surface area contributed by atoms with Crippen LogP contribution in [0.2, 0.25) is 0 Å². The lowest BCUT2D eigenvalue weighted by atomic mass is 9.97. The number of anilines is 1. The normalized spacial score (nSPS) is 10.4. The van der Waals surface area contributed by atoms with Gasteiger partial charge in [0.1, 0.15) is 0 Å². The quantitative estimate of drug-likeness (QED) is 0.676. The fourth-order valence-corrected chi connectivity index (χ4v) is 2.51. The smallest absolute Gasteiger partial charge is 0.194 e. The van der Waals surface area contributed by atoms with E-state index in [2.05, 4.69) is 15.9 Å². The highest BCUT2D eigenvalue weighted by Gasteiger charge is 2.14. The van der Waals surface area contributed by atoms with Gasteiger partial charge in [0, 0.05) is 21.3 Å². The summed E-state index contributed by atoms with van der Waals surface area (Å²) in [4.78, 5) is 12.4. The van der Waals surface area contributed by atoms with Crippen molar-refractivity contribution in [3.63, 3.8) is 0 Å². The van der Waals surface area contributed by atoms with Gasteiger partial charge in [0.2, 0.25) is 0 Å². The van der Waals surface area contributed by atoms with Gasteiger partial charge >= 0.3 is 0 Å². The number of hydrogen-bond donors (Lipinski definition) is 1. The van der Waals surface area contributed by atoms with Crippen LogP contribution < -0.4 is 5.73 Å². The summed E-state index contributed by atoms with van der Waals surface area (Å²) in [5.41, 5.74) is 9.82. The summed E-state index contributed by atoms with van der Waals surface area (Å²) in [6.07, 6.45) is 0. The molecular formula is C15H14BrNO. The molecule has 0 saturated carbocycles. The molecule has 3 heteroatoms. The van der Waals surface area contributed by atoms with Gasteiger partial charge in [-0.25, -0.2) is 0 Å². The molecule has 0 unspecified atom stereocenters. The summed E-state index contributed by atoms with van der Waals surface area (Å²) >= 11 is 3.38. The lowest BCUT2D eigenvalue weighted by Gasteiger charge is -2.08. The molecule has 2 N–H and O–H groups in total. The molecule has 0 amide bonds. The van der Waals surface area contributed by atoms with Crippen molar-refractivity contribution in [1.82, 2.24) is 0 Å². The Morgan fingerprint density at radius 2 is 1.72 bits per heavy atom. The molecule has 0 fully saturated rings. The van der Waals surface area contributed by atoms with Crippen LogP contribution in [0.25, 0.3) is 0 Å². The number of carbonyl (C=O) groups is 1. The Morgan fingerprint density at radius 3 is 2.33 bits per heavy atom. The van der Waals surface area contributed by atoms with Gasteiger partial charge in [-0.2, -0.15) is 0 Å². The summed E-state index contributed by atoms with van der Waals surface area (Å²) in [6, 6.07) is 11.1. The van der Waals surface area contributed by atoms with E-state index in [0.717, 1.165) is 21.2 Å². The van der Waals surface area contributed by atoms with E-state index < -0.39 is 0 Å². The molecule has 0 aliphatic rings. The zero-order valence-electron chi connectivity index (χ0n) is 10.3. The molecule has 0 radical (unpaired) electrons. The average Bonchev–Trinajstić information content (AvgIpc) is 2.28. The van der Waals surface area contributed by atoms with Crippen molar-refractivity contribution in [3.8, 4) is 0 Å².